The second-order valence-electron chi connectivity index (χ2n) is 8.56. The third-order valence-electron chi connectivity index (χ3n) is 6.62. The number of carbonyl (C=O) groups is 2. The summed E-state index contributed by atoms with van der Waals surface area (Å²) in [6, 6.07) is 31.4. The first-order chi connectivity index (χ1) is 17.1. The van der Waals surface area contributed by atoms with Gasteiger partial charge in [0.2, 0.25) is 0 Å². The van der Waals surface area contributed by atoms with Crippen LogP contribution >= 0.6 is 0 Å². The molecular formula is C30H25NO4. The number of anilines is 1. The summed E-state index contributed by atoms with van der Waals surface area (Å²) >= 11 is 0. The van der Waals surface area contributed by atoms with Crippen molar-refractivity contribution in [3.63, 3.8) is 0 Å². The number of hydrogen-bond acceptors (Lipinski definition) is 3. The fraction of sp³-hybridized carbons (Fsp3) is 0.133. The van der Waals surface area contributed by atoms with E-state index in [0.29, 0.717) is 12.1 Å². The lowest BCUT2D eigenvalue weighted by Crippen LogP contribution is -2.49. The van der Waals surface area contributed by atoms with Crippen LogP contribution < -0.4 is 4.90 Å². The highest BCUT2D eigenvalue weighted by atomic mass is 16.5. The van der Waals surface area contributed by atoms with Crippen molar-refractivity contribution in [2.24, 2.45) is 0 Å². The molecule has 1 aliphatic carbocycles. The molecule has 0 saturated carbocycles. The maximum atomic E-state index is 13.3. The van der Waals surface area contributed by atoms with E-state index < -0.39 is 24.0 Å². The van der Waals surface area contributed by atoms with Gasteiger partial charge in [-0.15, -0.1) is 0 Å². The monoisotopic (exact) mass is 463 g/mol. The van der Waals surface area contributed by atoms with Crippen LogP contribution in [0.3, 0.4) is 0 Å². The summed E-state index contributed by atoms with van der Waals surface area (Å²) in [6.07, 6.45) is -0.0957. The molecule has 5 nitrogen and oxygen atoms in total. The highest BCUT2D eigenvalue weighted by Crippen LogP contribution is 2.43. The van der Waals surface area contributed by atoms with Gasteiger partial charge in [0.15, 0.2) is 0 Å². The van der Waals surface area contributed by atoms with E-state index in [-0.39, 0.29) is 0 Å². The molecule has 0 aromatic heterocycles. The molecule has 0 heterocycles. The molecule has 0 saturated heterocycles. The van der Waals surface area contributed by atoms with E-state index in [1.165, 1.54) is 12.0 Å². The Balaban J connectivity index is 1.71. The number of nitrogens with zero attached hydrogens (tertiary/aromatic N) is 1. The Morgan fingerprint density at radius 1 is 0.771 bits per heavy atom. The molecular weight excluding hydrogens is 438 g/mol. The largest absolute Gasteiger partial charge is 0.480 e. The fourth-order valence-electron chi connectivity index (χ4n) is 5.11. The molecule has 0 bridgehead atoms. The molecule has 0 unspecified atom stereocenters. The van der Waals surface area contributed by atoms with Gasteiger partial charge in [-0.3, -0.25) is 4.90 Å². The number of methoxy groups -OCH3 is 1. The van der Waals surface area contributed by atoms with Crippen molar-refractivity contribution in [3.8, 4) is 11.1 Å². The number of hydrogen-bond donors (Lipinski definition) is 1. The third kappa shape index (κ3) is 4.06. The number of amides is 1. The van der Waals surface area contributed by atoms with Gasteiger partial charge in [0, 0.05) is 12.3 Å². The van der Waals surface area contributed by atoms with E-state index in [2.05, 4.69) is 12.1 Å². The standard InChI is InChI=1S/C30H25NO4/c1-35-30(34)31(26-18-10-17-24-23-16-9-8-15-22(23)19-25(24)26)28(29(32)33)27(20-11-4-2-5-12-20)21-13-6-3-7-14-21/h2-18,27-28H,19H2,1H3,(H,32,33)/t28-/m0/s1. The van der Waals surface area contributed by atoms with Gasteiger partial charge in [0.25, 0.3) is 0 Å². The van der Waals surface area contributed by atoms with Gasteiger partial charge in [0.1, 0.15) is 6.04 Å². The fourth-order valence-corrected chi connectivity index (χ4v) is 5.11. The molecule has 0 spiro atoms. The molecule has 4 aromatic carbocycles. The molecule has 5 rings (SSSR count). The predicted octanol–water partition coefficient (Wildman–Crippen LogP) is 6.12. The second kappa shape index (κ2) is 9.47. The maximum Gasteiger partial charge on any atom is 0.414 e. The summed E-state index contributed by atoms with van der Waals surface area (Å²) in [4.78, 5) is 27.6. The van der Waals surface area contributed by atoms with Crippen LogP contribution in [0.25, 0.3) is 11.1 Å². The number of benzene rings is 4. The number of carbonyl (C=O) groups excluding carboxylic acids is 1. The van der Waals surface area contributed by atoms with Crippen molar-refractivity contribution in [2.75, 3.05) is 12.0 Å². The molecule has 0 aliphatic heterocycles. The van der Waals surface area contributed by atoms with Gasteiger partial charge in [-0.05, 0) is 39.4 Å². The summed E-state index contributed by atoms with van der Waals surface area (Å²) in [5.41, 5.74) is 6.33. The molecule has 1 N–H and O–H groups in total. The summed E-state index contributed by atoms with van der Waals surface area (Å²) in [6.45, 7) is 0. The quantitative estimate of drug-likeness (QED) is 0.330. The first kappa shape index (κ1) is 22.4. The number of rotatable bonds is 6. The molecule has 1 atom stereocenters. The molecule has 35 heavy (non-hydrogen) atoms. The Bertz CT molecular complexity index is 1330. The molecule has 4 aromatic rings. The highest BCUT2D eigenvalue weighted by molar-refractivity contribution is 5.99. The minimum absolute atomic E-state index is 0.551. The van der Waals surface area contributed by atoms with Crippen LogP contribution in [-0.2, 0) is 16.0 Å². The molecule has 1 aliphatic rings. The number of fused-ring (bicyclic) bond motifs is 3. The van der Waals surface area contributed by atoms with Crippen LogP contribution in [0, 0.1) is 0 Å². The normalized spacial score (nSPS) is 12.5. The molecule has 5 heteroatoms. The average molecular weight is 464 g/mol. The van der Waals surface area contributed by atoms with E-state index in [1.54, 1.807) is 0 Å². The SMILES string of the molecule is COC(=O)N(c1cccc2c1Cc1ccccc1-2)[C@H](C(=O)O)C(c1ccccc1)c1ccccc1. The second-order valence-corrected chi connectivity index (χ2v) is 8.56. The van der Waals surface area contributed by atoms with Crippen molar-refractivity contribution in [1.29, 1.82) is 0 Å². The first-order valence-corrected chi connectivity index (χ1v) is 11.5. The van der Waals surface area contributed by atoms with Crippen molar-refractivity contribution < 1.29 is 19.4 Å². The van der Waals surface area contributed by atoms with E-state index in [0.717, 1.165) is 33.4 Å². The number of ether oxygens (including phenoxy) is 1. The van der Waals surface area contributed by atoms with Gasteiger partial charge in [-0.1, -0.05) is 97.1 Å². The van der Waals surface area contributed by atoms with Crippen LogP contribution in [-0.4, -0.2) is 30.3 Å². The van der Waals surface area contributed by atoms with Crippen LogP contribution in [0.5, 0.6) is 0 Å². The van der Waals surface area contributed by atoms with Crippen LogP contribution in [0.2, 0.25) is 0 Å². The summed E-state index contributed by atoms with van der Waals surface area (Å²) in [5, 5.41) is 10.6. The molecule has 1 amide bonds. The zero-order valence-corrected chi connectivity index (χ0v) is 19.3. The van der Waals surface area contributed by atoms with Crippen molar-refractivity contribution in [3.05, 3.63) is 125 Å². The third-order valence-corrected chi connectivity index (χ3v) is 6.62. The van der Waals surface area contributed by atoms with Gasteiger partial charge >= 0.3 is 12.1 Å². The van der Waals surface area contributed by atoms with Crippen molar-refractivity contribution in [2.45, 2.75) is 18.4 Å². The first-order valence-electron chi connectivity index (χ1n) is 11.5. The lowest BCUT2D eigenvalue weighted by molar-refractivity contribution is -0.138. The number of carboxylic acids is 1. The zero-order valence-electron chi connectivity index (χ0n) is 19.3. The lowest BCUT2D eigenvalue weighted by Gasteiger charge is -2.35. The average Bonchev–Trinajstić information content (AvgIpc) is 3.28. The molecule has 0 fully saturated rings. The Kier molecular flexibility index (Phi) is 6.06. The Hall–Kier alpha value is -4.38. The van der Waals surface area contributed by atoms with E-state index in [4.69, 9.17) is 4.74 Å². The van der Waals surface area contributed by atoms with Crippen molar-refractivity contribution >= 4 is 17.7 Å². The smallest absolute Gasteiger partial charge is 0.414 e. The van der Waals surface area contributed by atoms with Crippen molar-refractivity contribution in [1.82, 2.24) is 0 Å². The number of carboxylic acid groups (broad SMARTS) is 1. The Labute approximate surface area is 204 Å². The topological polar surface area (TPSA) is 66.8 Å². The minimum Gasteiger partial charge on any atom is -0.480 e. The summed E-state index contributed by atoms with van der Waals surface area (Å²) in [5.74, 6) is -1.73. The maximum absolute atomic E-state index is 13.3. The van der Waals surface area contributed by atoms with Crippen LogP contribution in [0.15, 0.2) is 103 Å². The Morgan fingerprint density at radius 3 is 1.94 bits per heavy atom. The summed E-state index contributed by atoms with van der Waals surface area (Å²) < 4.78 is 5.18. The predicted molar refractivity (Wildman–Crippen MR) is 136 cm³/mol. The zero-order chi connectivity index (χ0) is 24.4. The van der Waals surface area contributed by atoms with Gasteiger partial charge < -0.3 is 9.84 Å². The number of aliphatic carboxylic acids is 1. The van der Waals surface area contributed by atoms with E-state index >= 15 is 0 Å². The molecule has 0 radical (unpaired) electrons. The Morgan fingerprint density at radius 2 is 1.34 bits per heavy atom. The van der Waals surface area contributed by atoms with Crippen LogP contribution in [0.4, 0.5) is 10.5 Å². The highest BCUT2D eigenvalue weighted by Gasteiger charge is 2.41. The molecule has 174 valence electrons. The summed E-state index contributed by atoms with van der Waals surface area (Å²) in [7, 11) is 1.28. The minimum atomic E-state index is -1.23. The lowest BCUT2D eigenvalue weighted by atomic mass is 9.83. The van der Waals surface area contributed by atoms with E-state index in [1.807, 2.05) is 91.0 Å². The van der Waals surface area contributed by atoms with Gasteiger partial charge in [0.05, 0.1) is 12.8 Å². The van der Waals surface area contributed by atoms with Crippen LogP contribution in [0.1, 0.15) is 28.2 Å². The van der Waals surface area contributed by atoms with Gasteiger partial charge in [-0.2, -0.15) is 0 Å². The van der Waals surface area contributed by atoms with Gasteiger partial charge in [-0.25, -0.2) is 9.59 Å². The van der Waals surface area contributed by atoms with E-state index in [9.17, 15) is 14.7 Å².